The number of amides is 1. The van der Waals surface area contributed by atoms with Gasteiger partial charge in [-0.15, -0.1) is 0 Å². The maximum Gasteiger partial charge on any atom is 0.240 e. The Labute approximate surface area is 125 Å². The summed E-state index contributed by atoms with van der Waals surface area (Å²) in [6, 6.07) is 6.56. The summed E-state index contributed by atoms with van der Waals surface area (Å²) in [5.41, 5.74) is 0.917. The van der Waals surface area contributed by atoms with Crippen LogP contribution in [0.1, 0.15) is 31.9 Å². The van der Waals surface area contributed by atoms with Gasteiger partial charge >= 0.3 is 0 Å². The first-order valence-electron chi connectivity index (χ1n) is 7.04. The van der Waals surface area contributed by atoms with E-state index in [0.717, 1.165) is 12.1 Å². The zero-order valence-corrected chi connectivity index (χ0v) is 13.0. The van der Waals surface area contributed by atoms with Crippen LogP contribution in [-0.4, -0.2) is 33.5 Å². The summed E-state index contributed by atoms with van der Waals surface area (Å²) in [6.45, 7) is 5.14. The van der Waals surface area contributed by atoms with Crippen LogP contribution in [-0.2, 0) is 14.8 Å². The highest BCUT2D eigenvalue weighted by Crippen LogP contribution is 2.18. The van der Waals surface area contributed by atoms with Crippen LogP contribution in [0.3, 0.4) is 0 Å². The van der Waals surface area contributed by atoms with Crippen molar-refractivity contribution >= 4 is 15.9 Å². The standard InChI is InChI=1S/C14H21N3O3S/c1-3-15-10(2)11-5-4-6-13(7-11)21(19,20)17-12-8-14(18)16-9-12/h4-7,10,12,15,17H,3,8-9H2,1-2H3,(H,16,18). The number of hydrogen-bond acceptors (Lipinski definition) is 4. The molecule has 0 aliphatic carbocycles. The van der Waals surface area contributed by atoms with E-state index in [1.165, 1.54) is 0 Å². The monoisotopic (exact) mass is 311 g/mol. The van der Waals surface area contributed by atoms with E-state index in [1.807, 2.05) is 19.9 Å². The molecule has 2 rings (SSSR count). The van der Waals surface area contributed by atoms with Crippen LogP contribution in [0.25, 0.3) is 0 Å². The van der Waals surface area contributed by atoms with Gasteiger partial charge in [0.05, 0.1) is 4.90 Å². The van der Waals surface area contributed by atoms with Gasteiger partial charge in [0.1, 0.15) is 0 Å². The molecule has 0 saturated carbocycles. The Morgan fingerprint density at radius 3 is 2.81 bits per heavy atom. The van der Waals surface area contributed by atoms with Gasteiger partial charge in [0.2, 0.25) is 15.9 Å². The summed E-state index contributed by atoms with van der Waals surface area (Å²) >= 11 is 0. The summed E-state index contributed by atoms with van der Waals surface area (Å²) in [7, 11) is -3.61. The van der Waals surface area contributed by atoms with Gasteiger partial charge in [-0.25, -0.2) is 13.1 Å². The molecular weight excluding hydrogens is 290 g/mol. The second kappa shape index (κ2) is 6.55. The Kier molecular flexibility index (Phi) is 4.97. The molecule has 0 radical (unpaired) electrons. The molecule has 1 fully saturated rings. The van der Waals surface area contributed by atoms with Crippen molar-refractivity contribution in [1.29, 1.82) is 0 Å². The number of benzene rings is 1. The molecule has 1 aromatic carbocycles. The zero-order chi connectivity index (χ0) is 15.5. The molecule has 1 aliphatic rings. The van der Waals surface area contributed by atoms with E-state index >= 15 is 0 Å². The van der Waals surface area contributed by atoms with Crippen molar-refractivity contribution < 1.29 is 13.2 Å². The highest BCUT2D eigenvalue weighted by Gasteiger charge is 2.27. The Morgan fingerprint density at radius 2 is 2.19 bits per heavy atom. The van der Waals surface area contributed by atoms with Crippen molar-refractivity contribution in [3.63, 3.8) is 0 Å². The van der Waals surface area contributed by atoms with Crippen LogP contribution in [0.2, 0.25) is 0 Å². The molecule has 0 bridgehead atoms. The quantitative estimate of drug-likeness (QED) is 0.715. The predicted octanol–water partition coefficient (Wildman–Crippen LogP) is 0.524. The minimum absolute atomic E-state index is 0.0832. The highest BCUT2D eigenvalue weighted by atomic mass is 32.2. The second-order valence-electron chi connectivity index (χ2n) is 5.18. The molecule has 0 spiro atoms. The summed E-state index contributed by atoms with van der Waals surface area (Å²) in [6.07, 6.45) is 0.187. The summed E-state index contributed by atoms with van der Waals surface area (Å²) in [5, 5.41) is 5.86. The highest BCUT2D eigenvalue weighted by molar-refractivity contribution is 7.89. The van der Waals surface area contributed by atoms with Gasteiger partial charge < -0.3 is 10.6 Å². The van der Waals surface area contributed by atoms with E-state index < -0.39 is 10.0 Å². The van der Waals surface area contributed by atoms with E-state index in [9.17, 15) is 13.2 Å². The van der Waals surface area contributed by atoms with Crippen LogP contribution >= 0.6 is 0 Å². The van der Waals surface area contributed by atoms with Crippen molar-refractivity contribution in [1.82, 2.24) is 15.4 Å². The first-order valence-corrected chi connectivity index (χ1v) is 8.53. The molecule has 0 aromatic heterocycles. The molecule has 1 heterocycles. The Bertz CT molecular complexity index is 616. The number of carbonyl (C=O) groups is 1. The van der Waals surface area contributed by atoms with Crippen molar-refractivity contribution in [3.05, 3.63) is 29.8 Å². The van der Waals surface area contributed by atoms with Crippen LogP contribution in [0.5, 0.6) is 0 Å². The Balaban J connectivity index is 2.16. The van der Waals surface area contributed by atoms with E-state index in [1.54, 1.807) is 18.2 Å². The second-order valence-corrected chi connectivity index (χ2v) is 6.89. The molecule has 1 saturated heterocycles. The number of rotatable bonds is 6. The molecule has 2 unspecified atom stereocenters. The van der Waals surface area contributed by atoms with Crippen molar-refractivity contribution in [2.24, 2.45) is 0 Å². The van der Waals surface area contributed by atoms with Gasteiger partial charge in [-0.3, -0.25) is 4.79 Å². The van der Waals surface area contributed by atoms with Gasteiger partial charge in [0.25, 0.3) is 0 Å². The number of nitrogens with one attached hydrogen (secondary N) is 3. The molecule has 1 amide bonds. The largest absolute Gasteiger partial charge is 0.354 e. The fraction of sp³-hybridized carbons (Fsp3) is 0.500. The third-order valence-electron chi connectivity index (χ3n) is 3.48. The van der Waals surface area contributed by atoms with Crippen molar-refractivity contribution in [2.75, 3.05) is 13.1 Å². The Hall–Kier alpha value is -1.44. The molecular formula is C14H21N3O3S. The van der Waals surface area contributed by atoms with Crippen LogP contribution in [0.4, 0.5) is 0 Å². The minimum Gasteiger partial charge on any atom is -0.354 e. The smallest absolute Gasteiger partial charge is 0.240 e. The van der Waals surface area contributed by atoms with Crippen LogP contribution in [0, 0.1) is 0 Å². The van der Waals surface area contributed by atoms with Crippen molar-refractivity contribution in [3.8, 4) is 0 Å². The van der Waals surface area contributed by atoms with Gasteiger partial charge in [0.15, 0.2) is 0 Å². The fourth-order valence-electron chi connectivity index (χ4n) is 2.35. The van der Waals surface area contributed by atoms with Crippen molar-refractivity contribution in [2.45, 2.75) is 37.2 Å². The SMILES string of the molecule is CCNC(C)c1cccc(S(=O)(=O)NC2CNC(=O)C2)c1. The van der Waals surface area contributed by atoms with Crippen LogP contribution in [0.15, 0.2) is 29.2 Å². The van der Waals surface area contributed by atoms with Gasteiger partial charge in [-0.2, -0.15) is 0 Å². The minimum atomic E-state index is -3.61. The fourth-order valence-corrected chi connectivity index (χ4v) is 3.64. The van der Waals surface area contributed by atoms with E-state index in [4.69, 9.17) is 0 Å². The zero-order valence-electron chi connectivity index (χ0n) is 12.2. The molecule has 3 N–H and O–H groups in total. The molecule has 21 heavy (non-hydrogen) atoms. The molecule has 6 nitrogen and oxygen atoms in total. The molecule has 1 aromatic rings. The lowest BCUT2D eigenvalue weighted by Gasteiger charge is -2.15. The average molecular weight is 311 g/mol. The van der Waals surface area contributed by atoms with Gasteiger partial charge in [-0.1, -0.05) is 19.1 Å². The van der Waals surface area contributed by atoms with E-state index in [0.29, 0.717) is 6.54 Å². The Morgan fingerprint density at radius 1 is 1.43 bits per heavy atom. The van der Waals surface area contributed by atoms with E-state index in [-0.39, 0.29) is 29.3 Å². The summed E-state index contributed by atoms with van der Waals surface area (Å²) < 4.78 is 27.3. The number of hydrogen-bond donors (Lipinski definition) is 3. The lowest BCUT2D eigenvalue weighted by molar-refractivity contribution is -0.119. The maximum atomic E-state index is 12.4. The summed E-state index contributed by atoms with van der Waals surface area (Å²) in [4.78, 5) is 11.4. The molecule has 1 aliphatic heterocycles. The summed E-state index contributed by atoms with van der Waals surface area (Å²) in [5.74, 6) is -0.128. The maximum absolute atomic E-state index is 12.4. The molecule has 116 valence electrons. The number of carbonyl (C=O) groups excluding carboxylic acids is 1. The lowest BCUT2D eigenvalue weighted by atomic mass is 10.1. The third-order valence-corrected chi connectivity index (χ3v) is 5.00. The lowest BCUT2D eigenvalue weighted by Crippen LogP contribution is -2.36. The van der Waals surface area contributed by atoms with Gasteiger partial charge in [0, 0.05) is 25.0 Å². The van der Waals surface area contributed by atoms with Gasteiger partial charge in [-0.05, 0) is 31.2 Å². The first kappa shape index (κ1) is 15.9. The predicted molar refractivity (Wildman–Crippen MR) is 80.3 cm³/mol. The average Bonchev–Trinajstić information content (AvgIpc) is 2.84. The van der Waals surface area contributed by atoms with E-state index in [2.05, 4.69) is 15.4 Å². The molecule has 2 atom stereocenters. The molecule has 7 heteroatoms. The third kappa shape index (κ3) is 4.03. The van der Waals surface area contributed by atoms with Crippen LogP contribution < -0.4 is 15.4 Å². The normalized spacial score (nSPS) is 20.3. The first-order chi connectivity index (χ1) is 9.92. The number of sulfonamides is 1. The topological polar surface area (TPSA) is 87.3 Å².